The van der Waals surface area contributed by atoms with Gasteiger partial charge in [-0.3, -0.25) is 0 Å². The number of nitrogen functional groups attached to an aromatic ring is 1. The van der Waals surface area contributed by atoms with E-state index >= 15 is 0 Å². The summed E-state index contributed by atoms with van der Waals surface area (Å²) in [6.45, 7) is 0. The third-order valence-corrected chi connectivity index (χ3v) is 2.75. The summed E-state index contributed by atoms with van der Waals surface area (Å²) in [4.78, 5) is 1.11. The highest BCUT2D eigenvalue weighted by Crippen LogP contribution is 2.22. The highest BCUT2D eigenvalue weighted by molar-refractivity contribution is 8.00. The summed E-state index contributed by atoms with van der Waals surface area (Å²) in [6, 6.07) is 17.9. The predicted octanol–water partition coefficient (Wildman–Crippen LogP) is 3.39. The van der Waals surface area contributed by atoms with Crippen molar-refractivity contribution in [3.63, 3.8) is 0 Å². The summed E-state index contributed by atoms with van der Waals surface area (Å²) in [5.41, 5.74) is 7.56. The van der Waals surface area contributed by atoms with E-state index in [0.717, 1.165) is 16.3 Å². The van der Waals surface area contributed by atoms with Gasteiger partial charge >= 0.3 is 0 Å². The molecule has 0 amide bonds. The first-order chi connectivity index (χ1) is 7.34. The van der Waals surface area contributed by atoms with Crippen LogP contribution in [-0.4, -0.2) is 0 Å². The topological polar surface area (TPSA) is 38.0 Å². The molecule has 0 aliphatic heterocycles. The Hall–Kier alpha value is -1.61. The minimum absolute atomic E-state index is 0.787. The lowest BCUT2D eigenvalue weighted by molar-refractivity contribution is 1.46. The smallest absolute Gasteiger partial charge is 0.0443 e. The van der Waals surface area contributed by atoms with Gasteiger partial charge in [-0.1, -0.05) is 24.3 Å². The maximum atomic E-state index is 5.69. The van der Waals surface area contributed by atoms with Gasteiger partial charge in [0.25, 0.3) is 0 Å². The van der Waals surface area contributed by atoms with Crippen molar-refractivity contribution in [1.29, 1.82) is 0 Å². The summed E-state index contributed by atoms with van der Waals surface area (Å²) in [5, 5.41) is 0. The fourth-order valence-electron chi connectivity index (χ4n) is 1.20. The molecule has 0 aliphatic rings. The number of hydrogen-bond acceptors (Lipinski definition) is 3. The molecule has 0 aromatic heterocycles. The van der Waals surface area contributed by atoms with Crippen LogP contribution in [0.5, 0.6) is 0 Å². The van der Waals surface area contributed by atoms with Gasteiger partial charge in [-0.2, -0.15) is 0 Å². The number of benzene rings is 2. The van der Waals surface area contributed by atoms with Crippen molar-refractivity contribution < 1.29 is 0 Å². The monoisotopic (exact) mass is 216 g/mol. The van der Waals surface area contributed by atoms with Crippen molar-refractivity contribution in [1.82, 2.24) is 0 Å². The van der Waals surface area contributed by atoms with Crippen LogP contribution >= 0.6 is 11.9 Å². The standard InChI is InChI=1S/C12H12N2S/c13-10-5-4-8-12(9-10)15-14-11-6-2-1-3-7-11/h1-9,14H,13H2. The van der Waals surface area contributed by atoms with Gasteiger partial charge in [0, 0.05) is 16.3 Å². The van der Waals surface area contributed by atoms with Crippen LogP contribution in [0.2, 0.25) is 0 Å². The van der Waals surface area contributed by atoms with Gasteiger partial charge < -0.3 is 10.5 Å². The first-order valence-electron chi connectivity index (χ1n) is 4.68. The average molecular weight is 216 g/mol. The molecule has 3 N–H and O–H groups in total. The van der Waals surface area contributed by atoms with E-state index in [1.807, 2.05) is 54.6 Å². The van der Waals surface area contributed by atoms with Crippen molar-refractivity contribution in [2.45, 2.75) is 4.90 Å². The van der Waals surface area contributed by atoms with Crippen LogP contribution in [0.1, 0.15) is 0 Å². The third kappa shape index (κ3) is 2.92. The van der Waals surface area contributed by atoms with E-state index in [4.69, 9.17) is 5.73 Å². The van der Waals surface area contributed by atoms with Gasteiger partial charge in [0.05, 0.1) is 0 Å². The van der Waals surface area contributed by atoms with Crippen molar-refractivity contribution in [2.24, 2.45) is 0 Å². The zero-order chi connectivity index (χ0) is 10.5. The van der Waals surface area contributed by atoms with Crippen molar-refractivity contribution in [2.75, 3.05) is 10.5 Å². The largest absolute Gasteiger partial charge is 0.399 e. The summed E-state index contributed by atoms with van der Waals surface area (Å²) in [6.07, 6.45) is 0. The number of para-hydroxylation sites is 1. The van der Waals surface area contributed by atoms with Crippen LogP contribution in [-0.2, 0) is 0 Å². The van der Waals surface area contributed by atoms with Crippen LogP contribution in [0.25, 0.3) is 0 Å². The third-order valence-electron chi connectivity index (χ3n) is 1.92. The summed E-state index contributed by atoms with van der Waals surface area (Å²) in [7, 11) is 0. The second kappa shape index (κ2) is 4.75. The Bertz CT molecular complexity index is 429. The van der Waals surface area contributed by atoms with E-state index in [2.05, 4.69) is 4.72 Å². The lowest BCUT2D eigenvalue weighted by Crippen LogP contribution is -1.88. The molecular formula is C12H12N2S. The van der Waals surface area contributed by atoms with Gasteiger partial charge in [0.15, 0.2) is 0 Å². The molecule has 0 saturated carbocycles. The van der Waals surface area contributed by atoms with Gasteiger partial charge in [0.2, 0.25) is 0 Å². The molecule has 0 fully saturated rings. The van der Waals surface area contributed by atoms with Crippen LogP contribution < -0.4 is 10.5 Å². The fourth-order valence-corrected chi connectivity index (χ4v) is 1.92. The van der Waals surface area contributed by atoms with E-state index in [0.29, 0.717) is 0 Å². The molecule has 0 aliphatic carbocycles. The molecule has 3 heteroatoms. The Morgan fingerprint density at radius 3 is 2.47 bits per heavy atom. The molecule has 2 rings (SSSR count). The number of nitrogens with one attached hydrogen (secondary N) is 1. The quantitative estimate of drug-likeness (QED) is 0.610. The van der Waals surface area contributed by atoms with Crippen LogP contribution in [0.3, 0.4) is 0 Å². The van der Waals surface area contributed by atoms with Crippen LogP contribution in [0, 0.1) is 0 Å². The molecule has 2 aromatic rings. The molecule has 0 atom stereocenters. The number of hydrogen-bond donors (Lipinski definition) is 2. The summed E-state index contributed by atoms with van der Waals surface area (Å²) >= 11 is 1.56. The van der Waals surface area contributed by atoms with E-state index in [1.165, 1.54) is 0 Å². The van der Waals surface area contributed by atoms with E-state index in [1.54, 1.807) is 11.9 Å². The Morgan fingerprint density at radius 1 is 0.933 bits per heavy atom. The Balaban J connectivity index is 1.99. The molecule has 2 nitrogen and oxygen atoms in total. The number of nitrogens with two attached hydrogens (primary N) is 1. The normalized spacial score (nSPS) is 9.87. The molecule has 2 aromatic carbocycles. The molecule has 0 bridgehead atoms. The predicted molar refractivity (Wildman–Crippen MR) is 66.8 cm³/mol. The Labute approximate surface area is 93.6 Å². The molecule has 0 heterocycles. The zero-order valence-corrected chi connectivity index (χ0v) is 9.00. The first-order valence-corrected chi connectivity index (χ1v) is 5.50. The SMILES string of the molecule is Nc1cccc(SNc2ccccc2)c1. The van der Waals surface area contributed by atoms with Gasteiger partial charge in [-0.25, -0.2) is 0 Å². The minimum atomic E-state index is 0.787. The maximum absolute atomic E-state index is 5.69. The maximum Gasteiger partial charge on any atom is 0.0443 e. The fraction of sp³-hybridized carbons (Fsp3) is 0. The molecule has 0 radical (unpaired) electrons. The molecular weight excluding hydrogens is 204 g/mol. The van der Waals surface area contributed by atoms with Crippen LogP contribution in [0.4, 0.5) is 11.4 Å². The first kappa shape index (κ1) is 9.93. The number of rotatable bonds is 3. The molecule has 0 unspecified atom stereocenters. The second-order valence-electron chi connectivity index (χ2n) is 3.14. The average Bonchev–Trinajstić information content (AvgIpc) is 2.28. The number of anilines is 2. The summed E-state index contributed by atoms with van der Waals surface area (Å²) in [5.74, 6) is 0. The lowest BCUT2D eigenvalue weighted by atomic mass is 10.3. The molecule has 15 heavy (non-hydrogen) atoms. The molecule has 0 spiro atoms. The lowest BCUT2D eigenvalue weighted by Gasteiger charge is -2.05. The molecule has 0 saturated heterocycles. The highest BCUT2D eigenvalue weighted by Gasteiger charge is 1.94. The van der Waals surface area contributed by atoms with Gasteiger partial charge in [-0.05, 0) is 42.3 Å². The van der Waals surface area contributed by atoms with E-state index in [9.17, 15) is 0 Å². The van der Waals surface area contributed by atoms with Gasteiger partial charge in [-0.15, -0.1) is 0 Å². The van der Waals surface area contributed by atoms with Crippen LogP contribution in [0.15, 0.2) is 59.5 Å². The van der Waals surface area contributed by atoms with Crippen molar-refractivity contribution >= 4 is 23.3 Å². The van der Waals surface area contributed by atoms with Gasteiger partial charge in [0.1, 0.15) is 0 Å². The highest BCUT2D eigenvalue weighted by atomic mass is 32.2. The van der Waals surface area contributed by atoms with Crippen molar-refractivity contribution in [3.8, 4) is 0 Å². The summed E-state index contributed by atoms with van der Waals surface area (Å²) < 4.78 is 3.25. The Morgan fingerprint density at radius 2 is 1.73 bits per heavy atom. The van der Waals surface area contributed by atoms with E-state index in [-0.39, 0.29) is 0 Å². The minimum Gasteiger partial charge on any atom is -0.399 e. The Kier molecular flexibility index (Phi) is 3.15. The van der Waals surface area contributed by atoms with E-state index < -0.39 is 0 Å². The molecule has 76 valence electrons. The second-order valence-corrected chi connectivity index (χ2v) is 4.02. The zero-order valence-electron chi connectivity index (χ0n) is 8.18. The van der Waals surface area contributed by atoms with Crippen molar-refractivity contribution in [3.05, 3.63) is 54.6 Å².